The number of alkyl halides is 3. The van der Waals surface area contributed by atoms with Crippen molar-refractivity contribution in [3.05, 3.63) is 46.3 Å². The average Bonchev–Trinajstić information content (AvgIpc) is 3.15. The first-order valence-electron chi connectivity index (χ1n) is 7.60. The van der Waals surface area contributed by atoms with Crippen LogP contribution in [0.2, 0.25) is 5.02 Å². The number of hydrogen-bond donors (Lipinski definition) is 1. The number of rotatable bonds is 4. The van der Waals surface area contributed by atoms with Gasteiger partial charge in [-0.3, -0.25) is 9.69 Å². The van der Waals surface area contributed by atoms with Gasteiger partial charge in [0.25, 0.3) is 0 Å². The fourth-order valence-electron chi connectivity index (χ4n) is 3.05. The van der Waals surface area contributed by atoms with Crippen molar-refractivity contribution < 1.29 is 23.1 Å². The highest BCUT2D eigenvalue weighted by Crippen LogP contribution is 2.39. The van der Waals surface area contributed by atoms with Crippen LogP contribution >= 0.6 is 22.9 Å². The molecule has 1 aromatic heterocycles. The van der Waals surface area contributed by atoms with Crippen molar-refractivity contribution in [2.24, 2.45) is 11.8 Å². The Bertz CT molecular complexity index is 760. The third kappa shape index (κ3) is 4.16. The molecule has 3 rings (SSSR count). The Morgan fingerprint density at radius 1 is 1.20 bits per heavy atom. The monoisotopic (exact) mass is 389 g/mol. The molecule has 0 spiro atoms. The number of carboxylic acid groups (broad SMARTS) is 1. The van der Waals surface area contributed by atoms with Crippen LogP contribution in [0.25, 0.3) is 10.4 Å². The van der Waals surface area contributed by atoms with E-state index < -0.39 is 24.0 Å². The maximum Gasteiger partial charge on any atom is 0.393 e. The summed E-state index contributed by atoms with van der Waals surface area (Å²) in [4.78, 5) is 14.6. The molecule has 1 aromatic carbocycles. The lowest BCUT2D eigenvalue weighted by Gasteiger charge is -2.18. The number of halogens is 4. The zero-order valence-electron chi connectivity index (χ0n) is 13.0. The van der Waals surface area contributed by atoms with Crippen LogP contribution in [-0.4, -0.2) is 35.2 Å². The van der Waals surface area contributed by atoms with Crippen LogP contribution in [0.15, 0.2) is 36.4 Å². The number of carboxylic acids is 1. The minimum absolute atomic E-state index is 0.0896. The first-order valence-corrected chi connectivity index (χ1v) is 8.80. The third-order valence-corrected chi connectivity index (χ3v) is 5.67. The molecule has 0 bridgehead atoms. The summed E-state index contributed by atoms with van der Waals surface area (Å²) in [6.07, 6.45) is -4.50. The van der Waals surface area contributed by atoms with E-state index in [0.29, 0.717) is 11.6 Å². The lowest BCUT2D eigenvalue weighted by atomic mass is 9.96. The highest BCUT2D eigenvalue weighted by Gasteiger charge is 2.52. The first-order chi connectivity index (χ1) is 11.7. The van der Waals surface area contributed by atoms with Gasteiger partial charge in [-0.1, -0.05) is 23.7 Å². The van der Waals surface area contributed by atoms with E-state index >= 15 is 0 Å². The molecule has 25 heavy (non-hydrogen) atoms. The summed E-state index contributed by atoms with van der Waals surface area (Å²) in [5, 5.41) is 9.71. The summed E-state index contributed by atoms with van der Waals surface area (Å²) in [6, 6.07) is 11.1. The molecule has 1 fully saturated rings. The van der Waals surface area contributed by atoms with E-state index in [1.54, 1.807) is 17.0 Å². The second-order valence-corrected chi connectivity index (χ2v) is 7.66. The van der Waals surface area contributed by atoms with Crippen molar-refractivity contribution >= 4 is 28.9 Å². The van der Waals surface area contributed by atoms with Crippen LogP contribution in [0.4, 0.5) is 13.2 Å². The predicted octanol–water partition coefficient (Wildman–Crippen LogP) is 4.76. The number of aliphatic carboxylic acids is 1. The van der Waals surface area contributed by atoms with Crippen LogP contribution < -0.4 is 0 Å². The van der Waals surface area contributed by atoms with E-state index in [-0.39, 0.29) is 13.1 Å². The summed E-state index contributed by atoms with van der Waals surface area (Å²) in [5.74, 6) is -4.62. The minimum atomic E-state index is -4.50. The zero-order valence-corrected chi connectivity index (χ0v) is 14.5. The molecular weight excluding hydrogens is 375 g/mol. The molecule has 1 saturated heterocycles. The molecular formula is C17H15ClF3NO2S. The molecule has 1 aliphatic heterocycles. The lowest BCUT2D eigenvalue weighted by molar-refractivity contribution is -0.188. The lowest BCUT2D eigenvalue weighted by Crippen LogP contribution is -2.33. The number of thiophene rings is 1. The summed E-state index contributed by atoms with van der Waals surface area (Å²) in [7, 11) is 0. The maximum atomic E-state index is 13.0. The van der Waals surface area contributed by atoms with Gasteiger partial charge in [-0.25, -0.2) is 0 Å². The van der Waals surface area contributed by atoms with E-state index in [0.717, 1.165) is 15.3 Å². The molecule has 2 atom stereocenters. The SMILES string of the molecule is O=C(O)[C@@H]1CN(Cc2ccc(-c3ccc(Cl)cc3)s2)C[C@H]1C(F)(F)F. The van der Waals surface area contributed by atoms with Crippen molar-refractivity contribution in [3.8, 4) is 10.4 Å². The number of benzene rings is 1. The normalized spacial score (nSPS) is 21.6. The van der Waals surface area contributed by atoms with Gasteiger partial charge in [-0.05, 0) is 29.8 Å². The second kappa shape index (κ2) is 6.97. The molecule has 0 aliphatic carbocycles. The van der Waals surface area contributed by atoms with Gasteiger partial charge in [0.05, 0.1) is 11.8 Å². The van der Waals surface area contributed by atoms with E-state index in [4.69, 9.17) is 16.7 Å². The quantitative estimate of drug-likeness (QED) is 0.819. The fourth-order valence-corrected chi connectivity index (χ4v) is 4.23. The Morgan fingerprint density at radius 3 is 2.44 bits per heavy atom. The van der Waals surface area contributed by atoms with Crippen molar-refractivity contribution in [1.82, 2.24) is 4.90 Å². The van der Waals surface area contributed by atoms with Crippen LogP contribution in [0, 0.1) is 11.8 Å². The first kappa shape index (κ1) is 18.2. The molecule has 0 radical (unpaired) electrons. The third-order valence-electron chi connectivity index (χ3n) is 4.30. The van der Waals surface area contributed by atoms with Gasteiger partial charge >= 0.3 is 12.1 Å². The van der Waals surface area contributed by atoms with Gasteiger partial charge in [0.2, 0.25) is 0 Å². The Morgan fingerprint density at radius 2 is 1.88 bits per heavy atom. The topological polar surface area (TPSA) is 40.5 Å². The minimum Gasteiger partial charge on any atom is -0.481 e. The van der Waals surface area contributed by atoms with Crippen LogP contribution in [0.3, 0.4) is 0 Å². The smallest absolute Gasteiger partial charge is 0.393 e. The fraction of sp³-hybridized carbons (Fsp3) is 0.353. The number of carbonyl (C=O) groups is 1. The molecule has 1 N–H and O–H groups in total. The average molecular weight is 390 g/mol. The van der Waals surface area contributed by atoms with E-state index in [1.807, 2.05) is 24.3 Å². The maximum absolute atomic E-state index is 13.0. The van der Waals surface area contributed by atoms with Crippen LogP contribution in [-0.2, 0) is 11.3 Å². The van der Waals surface area contributed by atoms with Crippen LogP contribution in [0.1, 0.15) is 4.88 Å². The number of hydrogen-bond acceptors (Lipinski definition) is 3. The number of likely N-dealkylation sites (tertiary alicyclic amines) is 1. The Kier molecular flexibility index (Phi) is 5.09. The van der Waals surface area contributed by atoms with Gasteiger partial charge in [0.15, 0.2) is 0 Å². The Labute approximate surface area is 151 Å². The van der Waals surface area contributed by atoms with Gasteiger partial charge in [0, 0.05) is 34.4 Å². The molecule has 0 unspecified atom stereocenters. The largest absolute Gasteiger partial charge is 0.481 e. The molecule has 3 nitrogen and oxygen atoms in total. The van der Waals surface area contributed by atoms with Crippen molar-refractivity contribution in [1.29, 1.82) is 0 Å². The molecule has 0 amide bonds. The van der Waals surface area contributed by atoms with E-state index in [2.05, 4.69) is 0 Å². The summed E-state index contributed by atoms with van der Waals surface area (Å²) in [5.41, 5.74) is 0.985. The van der Waals surface area contributed by atoms with Crippen molar-refractivity contribution in [2.45, 2.75) is 12.7 Å². The molecule has 2 heterocycles. The van der Waals surface area contributed by atoms with Gasteiger partial charge in [0.1, 0.15) is 0 Å². The van der Waals surface area contributed by atoms with E-state index in [9.17, 15) is 18.0 Å². The molecule has 0 saturated carbocycles. The summed E-state index contributed by atoms with van der Waals surface area (Å²) in [6.45, 7) is -0.0586. The standard InChI is InChI=1S/C17H15ClF3NO2S/c18-11-3-1-10(2-4-11)15-6-5-12(25-15)7-22-8-13(16(23)24)14(9-22)17(19,20)21/h1-6,13-14H,7-9H2,(H,23,24)/t13-,14-/m1/s1. The van der Waals surface area contributed by atoms with Gasteiger partial charge < -0.3 is 5.11 Å². The molecule has 134 valence electrons. The Balaban J connectivity index is 1.71. The molecule has 2 aromatic rings. The number of nitrogens with zero attached hydrogens (tertiary/aromatic N) is 1. The highest BCUT2D eigenvalue weighted by molar-refractivity contribution is 7.15. The Hall–Kier alpha value is -1.57. The zero-order chi connectivity index (χ0) is 18.2. The second-order valence-electron chi connectivity index (χ2n) is 6.06. The van der Waals surface area contributed by atoms with Crippen molar-refractivity contribution in [2.75, 3.05) is 13.1 Å². The molecule has 8 heteroatoms. The van der Waals surface area contributed by atoms with Gasteiger partial charge in [-0.2, -0.15) is 13.2 Å². The highest BCUT2D eigenvalue weighted by atomic mass is 35.5. The van der Waals surface area contributed by atoms with Crippen molar-refractivity contribution in [3.63, 3.8) is 0 Å². The summed E-state index contributed by atoms with van der Waals surface area (Å²) >= 11 is 7.35. The summed E-state index contributed by atoms with van der Waals surface area (Å²) < 4.78 is 39.1. The van der Waals surface area contributed by atoms with E-state index in [1.165, 1.54) is 11.3 Å². The predicted molar refractivity (Wildman–Crippen MR) is 90.7 cm³/mol. The van der Waals surface area contributed by atoms with Gasteiger partial charge in [-0.15, -0.1) is 11.3 Å². The van der Waals surface area contributed by atoms with Crippen LogP contribution in [0.5, 0.6) is 0 Å². The molecule has 1 aliphatic rings.